The van der Waals surface area contributed by atoms with E-state index < -0.39 is 14.9 Å². The third kappa shape index (κ3) is 2.07. The van der Waals surface area contributed by atoms with Gasteiger partial charge in [0.25, 0.3) is 9.05 Å². The first-order valence-corrected chi connectivity index (χ1v) is 6.42. The molecule has 0 radical (unpaired) electrons. The van der Waals surface area contributed by atoms with Crippen molar-refractivity contribution in [2.45, 2.75) is 4.90 Å². The second-order valence-electron chi connectivity index (χ2n) is 2.95. The van der Waals surface area contributed by atoms with E-state index in [-0.39, 0.29) is 16.2 Å². The molecule has 0 fully saturated rings. The molecule has 0 aliphatic rings. The molecule has 0 bridgehead atoms. The lowest BCUT2D eigenvalue weighted by Gasteiger charge is -2.01. The summed E-state index contributed by atoms with van der Waals surface area (Å²) in [5, 5.41) is 0. The number of rotatable bonds is 2. The van der Waals surface area contributed by atoms with Gasteiger partial charge in [0, 0.05) is 16.2 Å². The minimum absolute atomic E-state index is 0.0236. The van der Waals surface area contributed by atoms with E-state index in [1.165, 1.54) is 6.26 Å². The van der Waals surface area contributed by atoms with Crippen LogP contribution in [-0.4, -0.2) is 13.4 Å². The van der Waals surface area contributed by atoms with E-state index in [1.54, 1.807) is 0 Å². The van der Waals surface area contributed by atoms with Crippen LogP contribution in [-0.2, 0) is 9.05 Å². The largest absolute Gasteiger partial charge is 0.451 e. The van der Waals surface area contributed by atoms with Gasteiger partial charge in [-0.25, -0.2) is 17.8 Å². The number of hydrogen-bond donors (Lipinski definition) is 0. The molecule has 0 saturated carbocycles. The van der Waals surface area contributed by atoms with Crippen molar-refractivity contribution >= 4 is 19.7 Å². The Labute approximate surface area is 95.1 Å². The summed E-state index contributed by atoms with van der Waals surface area (Å²) < 4.78 is 40.2. The second-order valence-corrected chi connectivity index (χ2v) is 5.52. The normalized spacial score (nSPS) is 11.6. The highest BCUT2D eigenvalue weighted by molar-refractivity contribution is 8.13. The Bertz CT molecular complexity index is 610. The van der Waals surface area contributed by atoms with Gasteiger partial charge in [0.1, 0.15) is 17.8 Å². The molecule has 16 heavy (non-hydrogen) atoms. The quantitative estimate of drug-likeness (QED) is 0.779. The monoisotopic (exact) mass is 261 g/mol. The van der Waals surface area contributed by atoms with Crippen LogP contribution >= 0.6 is 10.7 Å². The maximum atomic E-state index is 13.4. The minimum atomic E-state index is -3.89. The predicted octanol–water partition coefficient (Wildman–Crippen LogP) is 2.41. The third-order valence-electron chi connectivity index (χ3n) is 1.93. The zero-order chi connectivity index (χ0) is 11.8. The van der Waals surface area contributed by atoms with Crippen LogP contribution in [0, 0.1) is 5.82 Å². The van der Waals surface area contributed by atoms with Gasteiger partial charge in [-0.2, -0.15) is 0 Å². The van der Waals surface area contributed by atoms with Gasteiger partial charge < -0.3 is 4.42 Å². The number of halogens is 2. The Morgan fingerprint density at radius 3 is 2.69 bits per heavy atom. The van der Waals surface area contributed by atoms with Crippen molar-refractivity contribution in [2.75, 3.05) is 0 Å². The summed E-state index contributed by atoms with van der Waals surface area (Å²) in [6.07, 6.45) is 2.33. The van der Waals surface area contributed by atoms with Crippen LogP contribution in [0.4, 0.5) is 4.39 Å². The molecular formula is C9H5ClFNO3S. The summed E-state index contributed by atoms with van der Waals surface area (Å²) in [7, 11) is 1.26. The van der Waals surface area contributed by atoms with E-state index in [0.29, 0.717) is 0 Å². The standard InChI is InChI=1S/C9H5ClFNO3S/c10-16(13,14)6-1-2-8(11)7(3-6)9-4-15-5-12-9/h1-5H. The van der Waals surface area contributed by atoms with Gasteiger partial charge in [0.15, 0.2) is 6.39 Å². The zero-order valence-electron chi connectivity index (χ0n) is 7.72. The lowest BCUT2D eigenvalue weighted by atomic mass is 10.1. The summed E-state index contributed by atoms with van der Waals surface area (Å²) in [6, 6.07) is 3.20. The van der Waals surface area contributed by atoms with Crippen LogP contribution < -0.4 is 0 Å². The average molecular weight is 262 g/mol. The molecule has 1 heterocycles. The second kappa shape index (κ2) is 3.88. The Morgan fingerprint density at radius 2 is 2.12 bits per heavy atom. The van der Waals surface area contributed by atoms with Crippen LogP contribution in [0.3, 0.4) is 0 Å². The summed E-state index contributed by atoms with van der Waals surface area (Å²) >= 11 is 0. The van der Waals surface area contributed by atoms with Crippen LogP contribution in [0.5, 0.6) is 0 Å². The van der Waals surface area contributed by atoms with Crippen molar-refractivity contribution in [3.05, 3.63) is 36.7 Å². The van der Waals surface area contributed by atoms with Crippen molar-refractivity contribution < 1.29 is 17.2 Å². The number of hydrogen-bond acceptors (Lipinski definition) is 4. The first-order valence-electron chi connectivity index (χ1n) is 4.11. The van der Waals surface area contributed by atoms with Crippen LogP contribution in [0.2, 0.25) is 0 Å². The van der Waals surface area contributed by atoms with E-state index in [4.69, 9.17) is 10.7 Å². The van der Waals surface area contributed by atoms with Crippen molar-refractivity contribution in [2.24, 2.45) is 0 Å². The average Bonchev–Trinajstić information content (AvgIpc) is 2.69. The van der Waals surface area contributed by atoms with Gasteiger partial charge >= 0.3 is 0 Å². The maximum absolute atomic E-state index is 13.4. The molecule has 1 aromatic heterocycles. The molecule has 4 nitrogen and oxygen atoms in total. The molecule has 0 spiro atoms. The summed E-state index contributed by atoms with van der Waals surface area (Å²) in [4.78, 5) is 3.54. The molecule has 84 valence electrons. The molecule has 0 aliphatic heterocycles. The molecule has 0 aliphatic carbocycles. The predicted molar refractivity (Wildman–Crippen MR) is 54.9 cm³/mol. The molecule has 0 amide bonds. The zero-order valence-corrected chi connectivity index (χ0v) is 9.30. The fourth-order valence-corrected chi connectivity index (χ4v) is 1.98. The smallest absolute Gasteiger partial charge is 0.261 e. The van der Waals surface area contributed by atoms with E-state index >= 15 is 0 Å². The van der Waals surface area contributed by atoms with E-state index in [0.717, 1.165) is 24.6 Å². The summed E-state index contributed by atoms with van der Waals surface area (Å²) in [5.41, 5.74) is 0.232. The van der Waals surface area contributed by atoms with Gasteiger partial charge in [-0.15, -0.1) is 0 Å². The van der Waals surface area contributed by atoms with Crippen molar-refractivity contribution in [1.82, 2.24) is 4.98 Å². The maximum Gasteiger partial charge on any atom is 0.261 e. The molecule has 0 saturated heterocycles. The number of benzene rings is 1. The van der Waals surface area contributed by atoms with Crippen LogP contribution in [0.1, 0.15) is 0 Å². The number of nitrogens with zero attached hydrogens (tertiary/aromatic N) is 1. The first-order chi connectivity index (χ1) is 7.48. The molecule has 0 N–H and O–H groups in total. The third-order valence-corrected chi connectivity index (χ3v) is 3.28. The Balaban J connectivity index is 2.63. The van der Waals surface area contributed by atoms with E-state index in [2.05, 4.69) is 9.40 Å². The first kappa shape index (κ1) is 11.1. The van der Waals surface area contributed by atoms with Crippen molar-refractivity contribution in [1.29, 1.82) is 0 Å². The fourth-order valence-electron chi connectivity index (χ4n) is 1.20. The van der Waals surface area contributed by atoms with Gasteiger partial charge in [-0.1, -0.05) is 0 Å². The highest BCUT2D eigenvalue weighted by Gasteiger charge is 2.15. The SMILES string of the molecule is O=S(=O)(Cl)c1ccc(F)c(-c2cocn2)c1. The molecular weight excluding hydrogens is 257 g/mol. The van der Waals surface area contributed by atoms with Crippen molar-refractivity contribution in [3.8, 4) is 11.3 Å². The Kier molecular flexibility index (Phi) is 2.69. The van der Waals surface area contributed by atoms with Crippen molar-refractivity contribution in [3.63, 3.8) is 0 Å². The van der Waals surface area contributed by atoms with Gasteiger partial charge in [0.05, 0.1) is 4.90 Å². The molecule has 7 heteroatoms. The highest BCUT2D eigenvalue weighted by Crippen LogP contribution is 2.25. The van der Waals surface area contributed by atoms with Gasteiger partial charge in [0.2, 0.25) is 0 Å². The summed E-state index contributed by atoms with van der Waals surface area (Å²) in [5.74, 6) is -0.599. The Morgan fingerprint density at radius 1 is 1.38 bits per heavy atom. The van der Waals surface area contributed by atoms with E-state index in [9.17, 15) is 12.8 Å². The Hall–Kier alpha value is -1.40. The van der Waals surface area contributed by atoms with Gasteiger partial charge in [-0.05, 0) is 18.2 Å². The van der Waals surface area contributed by atoms with Crippen LogP contribution in [0.25, 0.3) is 11.3 Å². The molecule has 0 unspecified atom stereocenters. The molecule has 2 aromatic rings. The highest BCUT2D eigenvalue weighted by atomic mass is 35.7. The minimum Gasteiger partial charge on any atom is -0.451 e. The summed E-state index contributed by atoms with van der Waals surface area (Å²) in [6.45, 7) is 0. The molecule has 2 rings (SSSR count). The number of aromatic nitrogens is 1. The lowest BCUT2D eigenvalue weighted by molar-refractivity contribution is 0.558. The molecule has 0 atom stereocenters. The topological polar surface area (TPSA) is 60.2 Å². The fraction of sp³-hybridized carbons (Fsp3) is 0. The van der Waals surface area contributed by atoms with Crippen LogP contribution in [0.15, 0.2) is 40.2 Å². The van der Waals surface area contributed by atoms with Gasteiger partial charge in [-0.3, -0.25) is 0 Å². The molecule has 1 aromatic carbocycles. The number of oxazole rings is 1. The lowest BCUT2D eigenvalue weighted by Crippen LogP contribution is -1.93. The van der Waals surface area contributed by atoms with E-state index in [1.807, 2.05) is 0 Å².